The summed E-state index contributed by atoms with van der Waals surface area (Å²) in [6, 6.07) is 3.80. The van der Waals surface area contributed by atoms with Crippen molar-refractivity contribution in [1.29, 1.82) is 0 Å². The van der Waals surface area contributed by atoms with Gasteiger partial charge in [0.25, 0.3) is 0 Å². The summed E-state index contributed by atoms with van der Waals surface area (Å²) in [5.41, 5.74) is 0.710. The second-order valence-corrected chi connectivity index (χ2v) is 6.07. The predicted molar refractivity (Wildman–Crippen MR) is 79.3 cm³/mol. The molecule has 1 saturated heterocycles. The van der Waals surface area contributed by atoms with Crippen LogP contribution in [0, 0.1) is 0 Å². The normalized spacial score (nSPS) is 22.3. The maximum Gasteiger partial charge on any atom is 0.234 e. The van der Waals surface area contributed by atoms with E-state index in [0.29, 0.717) is 5.82 Å². The van der Waals surface area contributed by atoms with Crippen LogP contribution in [-0.4, -0.2) is 28.2 Å². The molecule has 3 heterocycles. The number of nitrogens with zero attached hydrogens (tertiary/aromatic N) is 3. The molecule has 2 aromatic rings. The molecule has 0 radical (unpaired) electrons. The minimum Gasteiger partial charge on any atom is -0.338 e. The van der Waals surface area contributed by atoms with E-state index < -0.39 is 0 Å². The van der Waals surface area contributed by atoms with Gasteiger partial charge in [0.05, 0.1) is 5.41 Å². The highest BCUT2D eigenvalue weighted by atomic mass is 79.9. The molecule has 0 spiro atoms. The molecule has 5 nitrogen and oxygen atoms in total. The van der Waals surface area contributed by atoms with Crippen LogP contribution < -0.4 is 5.32 Å². The lowest BCUT2D eigenvalue weighted by Gasteiger charge is -2.22. The molecule has 2 aromatic heterocycles. The van der Waals surface area contributed by atoms with E-state index in [1.54, 1.807) is 6.20 Å². The van der Waals surface area contributed by atoms with Crippen molar-refractivity contribution in [3.8, 4) is 11.5 Å². The Morgan fingerprint density at radius 1 is 1.50 bits per heavy atom. The molecule has 0 aliphatic carbocycles. The molecule has 1 aliphatic rings. The quantitative estimate of drug-likeness (QED) is 0.929. The largest absolute Gasteiger partial charge is 0.338 e. The highest BCUT2D eigenvalue weighted by molar-refractivity contribution is 9.10. The summed E-state index contributed by atoms with van der Waals surface area (Å²) in [6.45, 7) is 4.10. The Morgan fingerprint density at radius 2 is 2.40 bits per heavy atom. The van der Waals surface area contributed by atoms with Gasteiger partial charge in [-0.2, -0.15) is 4.98 Å². The fourth-order valence-electron chi connectivity index (χ4n) is 2.81. The molecule has 1 unspecified atom stereocenters. The van der Waals surface area contributed by atoms with E-state index >= 15 is 0 Å². The Bertz CT molecular complexity index is 592. The monoisotopic (exact) mass is 336 g/mol. The van der Waals surface area contributed by atoms with Gasteiger partial charge < -0.3 is 9.84 Å². The van der Waals surface area contributed by atoms with Crippen LogP contribution in [0.5, 0.6) is 0 Å². The molecule has 106 valence electrons. The van der Waals surface area contributed by atoms with E-state index in [0.717, 1.165) is 48.4 Å². The second kappa shape index (κ2) is 5.61. The molecule has 0 saturated carbocycles. The van der Waals surface area contributed by atoms with Gasteiger partial charge in [-0.25, -0.2) is 0 Å². The third-order valence-electron chi connectivity index (χ3n) is 3.82. The maximum atomic E-state index is 5.55. The van der Waals surface area contributed by atoms with E-state index in [1.165, 1.54) is 0 Å². The van der Waals surface area contributed by atoms with Crippen molar-refractivity contribution < 1.29 is 4.52 Å². The first-order valence-electron chi connectivity index (χ1n) is 6.91. The molecule has 1 fully saturated rings. The topological polar surface area (TPSA) is 63.8 Å². The summed E-state index contributed by atoms with van der Waals surface area (Å²) in [5, 5.41) is 7.52. The molecule has 0 aromatic carbocycles. The van der Waals surface area contributed by atoms with Gasteiger partial charge in [-0.1, -0.05) is 18.5 Å². The fourth-order valence-corrected chi connectivity index (χ4v) is 3.24. The average molecular weight is 337 g/mol. The Balaban J connectivity index is 1.95. The first kappa shape index (κ1) is 13.7. The average Bonchev–Trinajstić information content (AvgIpc) is 3.09. The van der Waals surface area contributed by atoms with Gasteiger partial charge in [0.1, 0.15) is 5.69 Å². The Morgan fingerprint density at radius 3 is 3.10 bits per heavy atom. The zero-order chi connectivity index (χ0) is 14.0. The number of halogens is 1. The zero-order valence-corrected chi connectivity index (χ0v) is 13.0. The lowest BCUT2D eigenvalue weighted by molar-refractivity contribution is 0.277. The molecule has 3 rings (SSSR count). The van der Waals surface area contributed by atoms with Crippen molar-refractivity contribution in [2.45, 2.75) is 31.6 Å². The molecule has 6 heteroatoms. The summed E-state index contributed by atoms with van der Waals surface area (Å²) in [5.74, 6) is 1.28. The number of pyridine rings is 1. The van der Waals surface area contributed by atoms with Gasteiger partial charge in [0.2, 0.25) is 11.7 Å². The molecular weight excluding hydrogens is 320 g/mol. The van der Waals surface area contributed by atoms with Gasteiger partial charge >= 0.3 is 0 Å². The Kier molecular flexibility index (Phi) is 3.85. The Hall–Kier alpha value is -1.27. The van der Waals surface area contributed by atoms with Crippen molar-refractivity contribution in [3.63, 3.8) is 0 Å². The van der Waals surface area contributed by atoms with E-state index in [1.807, 2.05) is 12.1 Å². The summed E-state index contributed by atoms with van der Waals surface area (Å²) in [7, 11) is 0. The van der Waals surface area contributed by atoms with Crippen LogP contribution >= 0.6 is 15.9 Å². The molecule has 1 aliphatic heterocycles. The van der Waals surface area contributed by atoms with Crippen LogP contribution in [-0.2, 0) is 5.41 Å². The molecule has 20 heavy (non-hydrogen) atoms. The van der Waals surface area contributed by atoms with Crippen LogP contribution in [0.25, 0.3) is 11.5 Å². The highest BCUT2D eigenvalue weighted by Gasteiger charge is 2.40. The van der Waals surface area contributed by atoms with Crippen molar-refractivity contribution in [1.82, 2.24) is 20.4 Å². The summed E-state index contributed by atoms with van der Waals surface area (Å²) >= 11 is 3.47. The van der Waals surface area contributed by atoms with Gasteiger partial charge in [0, 0.05) is 17.2 Å². The third kappa shape index (κ3) is 2.38. The molecule has 0 amide bonds. The van der Waals surface area contributed by atoms with E-state index in [4.69, 9.17) is 4.52 Å². The first-order chi connectivity index (χ1) is 9.75. The van der Waals surface area contributed by atoms with E-state index in [2.05, 4.69) is 43.3 Å². The summed E-state index contributed by atoms with van der Waals surface area (Å²) in [4.78, 5) is 8.91. The second-order valence-electron chi connectivity index (χ2n) is 5.21. The number of nitrogens with one attached hydrogen (secondary N) is 1. The van der Waals surface area contributed by atoms with Crippen molar-refractivity contribution >= 4 is 15.9 Å². The zero-order valence-electron chi connectivity index (χ0n) is 11.4. The van der Waals surface area contributed by atoms with Crippen molar-refractivity contribution in [2.24, 2.45) is 0 Å². The van der Waals surface area contributed by atoms with Crippen LogP contribution in [0.1, 0.15) is 32.1 Å². The fraction of sp³-hybridized carbons (Fsp3) is 0.500. The minimum atomic E-state index is -0.0126. The standard InChI is InChI=1S/C14H17BrN4O/c1-2-5-14(6-8-16-9-14)13-18-12(19-20-13)11-10(15)4-3-7-17-11/h3-4,7,16H,2,5-6,8-9H2,1H3. The number of hydrogen-bond donors (Lipinski definition) is 1. The molecule has 1 atom stereocenters. The van der Waals surface area contributed by atoms with Crippen LogP contribution in [0.4, 0.5) is 0 Å². The van der Waals surface area contributed by atoms with Crippen LogP contribution in [0.3, 0.4) is 0 Å². The Labute approximate surface area is 126 Å². The molecule has 1 N–H and O–H groups in total. The van der Waals surface area contributed by atoms with Crippen molar-refractivity contribution in [2.75, 3.05) is 13.1 Å². The maximum absolute atomic E-state index is 5.55. The lowest BCUT2D eigenvalue weighted by atomic mass is 9.82. The SMILES string of the molecule is CCCC1(c2nc(-c3ncccc3Br)no2)CCNC1. The smallest absolute Gasteiger partial charge is 0.234 e. The first-order valence-corrected chi connectivity index (χ1v) is 7.70. The van der Waals surface area contributed by atoms with E-state index in [-0.39, 0.29) is 5.41 Å². The van der Waals surface area contributed by atoms with Crippen LogP contribution in [0.2, 0.25) is 0 Å². The van der Waals surface area contributed by atoms with Gasteiger partial charge in [-0.15, -0.1) is 0 Å². The van der Waals surface area contributed by atoms with E-state index in [9.17, 15) is 0 Å². The van der Waals surface area contributed by atoms with Crippen LogP contribution in [0.15, 0.2) is 27.3 Å². The molecular formula is C14H17BrN4O. The molecule has 0 bridgehead atoms. The number of hydrogen-bond acceptors (Lipinski definition) is 5. The number of rotatable bonds is 4. The predicted octanol–water partition coefficient (Wildman–Crippen LogP) is 2.93. The lowest BCUT2D eigenvalue weighted by Crippen LogP contribution is -2.29. The van der Waals surface area contributed by atoms with Gasteiger partial charge in [0.15, 0.2) is 0 Å². The van der Waals surface area contributed by atoms with Gasteiger partial charge in [-0.3, -0.25) is 4.98 Å². The minimum absolute atomic E-state index is 0.0126. The highest BCUT2D eigenvalue weighted by Crippen LogP contribution is 2.35. The van der Waals surface area contributed by atoms with Crippen molar-refractivity contribution in [3.05, 3.63) is 28.7 Å². The summed E-state index contributed by atoms with van der Waals surface area (Å²) < 4.78 is 6.43. The number of aromatic nitrogens is 3. The van der Waals surface area contributed by atoms with Gasteiger partial charge in [-0.05, 0) is 47.4 Å². The third-order valence-corrected chi connectivity index (χ3v) is 4.46. The summed E-state index contributed by atoms with van der Waals surface area (Å²) in [6.07, 6.45) is 4.94.